The maximum Gasteiger partial charge on any atom is 0.339 e. The van der Waals surface area contributed by atoms with Crippen LogP contribution in [0.5, 0.6) is 0 Å². The predicted molar refractivity (Wildman–Crippen MR) is 72.0 cm³/mol. The number of carbonyl (C=O) groups excluding carboxylic acids is 2. The van der Waals surface area contributed by atoms with Crippen molar-refractivity contribution in [2.24, 2.45) is 0 Å². The molecule has 1 N–H and O–H groups in total. The van der Waals surface area contributed by atoms with Gasteiger partial charge in [0.1, 0.15) is 0 Å². The summed E-state index contributed by atoms with van der Waals surface area (Å²) in [7, 11) is 0. The van der Waals surface area contributed by atoms with Crippen LogP contribution in [-0.2, 0) is 9.53 Å². The molecule has 102 valence electrons. The van der Waals surface area contributed by atoms with Gasteiger partial charge in [-0.25, -0.2) is 4.79 Å². The Morgan fingerprint density at radius 3 is 2.63 bits per heavy atom. The van der Waals surface area contributed by atoms with Crippen LogP contribution >= 0.6 is 0 Å². The lowest BCUT2D eigenvalue weighted by Gasteiger charge is -2.14. The van der Waals surface area contributed by atoms with Crippen molar-refractivity contribution in [1.29, 1.82) is 0 Å². The first-order valence-electron chi connectivity index (χ1n) is 6.56. The Labute approximate surface area is 113 Å². The van der Waals surface area contributed by atoms with Crippen molar-refractivity contribution >= 4 is 11.9 Å². The number of benzene rings is 1. The Morgan fingerprint density at radius 1 is 1.32 bits per heavy atom. The highest BCUT2D eigenvalue weighted by atomic mass is 16.5. The molecule has 0 unspecified atom stereocenters. The molecule has 1 aliphatic carbocycles. The van der Waals surface area contributed by atoms with Crippen LogP contribution in [-0.4, -0.2) is 24.0 Å². The molecule has 0 bridgehead atoms. The van der Waals surface area contributed by atoms with Gasteiger partial charge in [-0.3, -0.25) is 4.79 Å². The zero-order valence-electron chi connectivity index (χ0n) is 11.5. The van der Waals surface area contributed by atoms with Gasteiger partial charge in [0.15, 0.2) is 6.10 Å². The van der Waals surface area contributed by atoms with Gasteiger partial charge in [-0.05, 0) is 45.2 Å². The van der Waals surface area contributed by atoms with Crippen LogP contribution in [0.3, 0.4) is 0 Å². The molecule has 19 heavy (non-hydrogen) atoms. The molecule has 4 nitrogen and oxygen atoms in total. The smallest absolute Gasteiger partial charge is 0.339 e. The number of aryl methyl sites for hydroxylation is 2. The summed E-state index contributed by atoms with van der Waals surface area (Å²) in [5, 5.41) is 2.82. The molecule has 1 aromatic carbocycles. The molecule has 1 atom stereocenters. The molecule has 1 saturated carbocycles. The number of hydrogen-bond donors (Lipinski definition) is 1. The van der Waals surface area contributed by atoms with Crippen molar-refractivity contribution < 1.29 is 14.3 Å². The standard InChI is InChI=1S/C15H19NO3/c1-9-4-5-10(2)13(8-9)15(18)19-11(3)14(17)16-12-6-7-12/h4-5,8,11-12H,6-7H2,1-3H3,(H,16,17)/t11-/m0/s1. The first-order chi connectivity index (χ1) is 8.97. The molecule has 4 heteroatoms. The topological polar surface area (TPSA) is 55.4 Å². The molecule has 0 aromatic heterocycles. The number of nitrogens with one attached hydrogen (secondary N) is 1. The molecule has 0 spiro atoms. The number of carbonyl (C=O) groups is 2. The zero-order chi connectivity index (χ0) is 14.0. The van der Waals surface area contributed by atoms with Crippen molar-refractivity contribution in [3.63, 3.8) is 0 Å². The lowest BCUT2D eigenvalue weighted by Crippen LogP contribution is -2.37. The Kier molecular flexibility index (Phi) is 3.88. The summed E-state index contributed by atoms with van der Waals surface area (Å²) in [5.74, 6) is -0.666. The fraction of sp³-hybridized carbons (Fsp3) is 0.467. The lowest BCUT2D eigenvalue weighted by atomic mass is 10.1. The zero-order valence-corrected chi connectivity index (χ0v) is 11.5. The SMILES string of the molecule is Cc1ccc(C)c(C(=O)O[C@@H](C)C(=O)NC2CC2)c1. The van der Waals surface area contributed by atoms with E-state index in [1.807, 2.05) is 26.0 Å². The molecular weight excluding hydrogens is 242 g/mol. The molecular formula is C15H19NO3. The highest BCUT2D eigenvalue weighted by molar-refractivity contribution is 5.93. The third-order valence-corrected chi connectivity index (χ3v) is 3.19. The second-order valence-corrected chi connectivity index (χ2v) is 5.15. The Hall–Kier alpha value is -1.84. The second kappa shape index (κ2) is 5.43. The maximum absolute atomic E-state index is 12.0. The van der Waals surface area contributed by atoms with Gasteiger partial charge in [0.05, 0.1) is 5.56 Å². The highest BCUT2D eigenvalue weighted by Crippen LogP contribution is 2.19. The van der Waals surface area contributed by atoms with Crippen LogP contribution in [0.4, 0.5) is 0 Å². The van der Waals surface area contributed by atoms with Crippen molar-refractivity contribution in [2.75, 3.05) is 0 Å². The minimum absolute atomic E-state index is 0.221. The van der Waals surface area contributed by atoms with E-state index in [0.29, 0.717) is 5.56 Å². The van der Waals surface area contributed by atoms with Gasteiger partial charge in [0, 0.05) is 6.04 Å². The van der Waals surface area contributed by atoms with E-state index in [2.05, 4.69) is 5.32 Å². The van der Waals surface area contributed by atoms with Crippen LogP contribution in [0.25, 0.3) is 0 Å². The fourth-order valence-corrected chi connectivity index (χ4v) is 1.78. The molecule has 2 rings (SSSR count). The minimum Gasteiger partial charge on any atom is -0.449 e. The summed E-state index contributed by atoms with van der Waals surface area (Å²) in [5.41, 5.74) is 2.36. The number of hydrogen-bond acceptors (Lipinski definition) is 3. The lowest BCUT2D eigenvalue weighted by molar-refractivity contribution is -0.129. The summed E-state index contributed by atoms with van der Waals surface area (Å²) >= 11 is 0. The Bertz CT molecular complexity index is 506. The first kappa shape index (κ1) is 13.6. The molecule has 0 heterocycles. The minimum atomic E-state index is -0.756. The number of ether oxygens (including phenoxy) is 1. The largest absolute Gasteiger partial charge is 0.449 e. The normalized spacial score (nSPS) is 15.7. The molecule has 0 saturated heterocycles. The van der Waals surface area contributed by atoms with Gasteiger partial charge < -0.3 is 10.1 Å². The van der Waals surface area contributed by atoms with Gasteiger partial charge in [0.25, 0.3) is 5.91 Å². The summed E-state index contributed by atoms with van der Waals surface area (Å²) in [4.78, 5) is 23.8. The van der Waals surface area contributed by atoms with Crippen molar-refractivity contribution in [3.8, 4) is 0 Å². The van der Waals surface area contributed by atoms with Crippen LogP contribution < -0.4 is 5.32 Å². The van der Waals surface area contributed by atoms with E-state index in [-0.39, 0.29) is 11.9 Å². The van der Waals surface area contributed by atoms with Crippen molar-refractivity contribution in [1.82, 2.24) is 5.32 Å². The molecule has 1 fully saturated rings. The van der Waals surface area contributed by atoms with Gasteiger partial charge >= 0.3 is 5.97 Å². The number of esters is 1. The van der Waals surface area contributed by atoms with Gasteiger partial charge in [-0.2, -0.15) is 0 Å². The van der Waals surface area contributed by atoms with E-state index in [1.54, 1.807) is 13.0 Å². The third-order valence-electron chi connectivity index (χ3n) is 3.19. The van der Waals surface area contributed by atoms with Crippen LogP contribution in [0.1, 0.15) is 41.3 Å². The summed E-state index contributed by atoms with van der Waals surface area (Å²) in [6.45, 7) is 5.37. The average molecular weight is 261 g/mol. The molecule has 0 radical (unpaired) electrons. The van der Waals surface area contributed by atoms with Gasteiger partial charge in [-0.15, -0.1) is 0 Å². The van der Waals surface area contributed by atoms with Gasteiger partial charge in [0.2, 0.25) is 0 Å². The van der Waals surface area contributed by atoms with E-state index < -0.39 is 12.1 Å². The van der Waals surface area contributed by atoms with Gasteiger partial charge in [-0.1, -0.05) is 17.7 Å². The van der Waals surface area contributed by atoms with E-state index in [4.69, 9.17) is 4.74 Å². The van der Waals surface area contributed by atoms with Crippen LogP contribution in [0.15, 0.2) is 18.2 Å². The average Bonchev–Trinajstić information content (AvgIpc) is 3.15. The fourth-order valence-electron chi connectivity index (χ4n) is 1.78. The highest BCUT2D eigenvalue weighted by Gasteiger charge is 2.27. The van der Waals surface area contributed by atoms with Crippen molar-refractivity contribution in [2.45, 2.75) is 45.8 Å². The van der Waals surface area contributed by atoms with Crippen LogP contribution in [0.2, 0.25) is 0 Å². The molecule has 0 aliphatic heterocycles. The number of rotatable bonds is 4. The predicted octanol–water partition coefficient (Wildman–Crippen LogP) is 2.13. The quantitative estimate of drug-likeness (QED) is 0.845. The summed E-state index contributed by atoms with van der Waals surface area (Å²) in [6.07, 6.45) is 1.28. The van der Waals surface area contributed by atoms with E-state index in [1.165, 1.54) is 0 Å². The summed E-state index contributed by atoms with van der Waals surface area (Å²) < 4.78 is 5.21. The molecule has 1 amide bonds. The summed E-state index contributed by atoms with van der Waals surface area (Å²) in [6, 6.07) is 5.87. The van der Waals surface area contributed by atoms with Crippen molar-refractivity contribution in [3.05, 3.63) is 34.9 Å². The Balaban J connectivity index is 1.99. The Morgan fingerprint density at radius 2 is 2.00 bits per heavy atom. The maximum atomic E-state index is 12.0. The van der Waals surface area contributed by atoms with E-state index in [9.17, 15) is 9.59 Å². The monoisotopic (exact) mass is 261 g/mol. The molecule has 1 aliphatic rings. The second-order valence-electron chi connectivity index (χ2n) is 5.15. The van der Waals surface area contributed by atoms with E-state index >= 15 is 0 Å². The molecule has 1 aromatic rings. The first-order valence-corrected chi connectivity index (χ1v) is 6.56. The third kappa shape index (κ3) is 3.56. The van der Waals surface area contributed by atoms with E-state index in [0.717, 1.165) is 24.0 Å². The number of amides is 1. The van der Waals surface area contributed by atoms with Crippen LogP contribution in [0, 0.1) is 13.8 Å².